The summed E-state index contributed by atoms with van der Waals surface area (Å²) in [4.78, 5) is 21.6. The fraction of sp³-hybridized carbons (Fsp3) is 0.333. The number of allylic oxidation sites excluding steroid dienone is 2. The van der Waals surface area contributed by atoms with Crippen LogP contribution in [-0.2, 0) is 4.79 Å². The summed E-state index contributed by atoms with van der Waals surface area (Å²) < 4.78 is 7.27. The predicted octanol–water partition coefficient (Wildman–Crippen LogP) is 3.32. The lowest BCUT2D eigenvalue weighted by molar-refractivity contribution is -0.125. The summed E-state index contributed by atoms with van der Waals surface area (Å²) in [5, 5.41) is 10.9. The van der Waals surface area contributed by atoms with E-state index in [1.165, 1.54) is 0 Å². The summed E-state index contributed by atoms with van der Waals surface area (Å²) in [5.41, 5.74) is 11.6. The highest BCUT2D eigenvalue weighted by Gasteiger charge is 2.40. The molecule has 1 aromatic carbocycles. The van der Waals surface area contributed by atoms with Crippen LogP contribution in [0.25, 0.3) is 16.9 Å². The summed E-state index contributed by atoms with van der Waals surface area (Å²) in [6, 6.07) is 5.70. The van der Waals surface area contributed by atoms with Crippen LogP contribution < -0.4 is 21.1 Å². The Kier molecular flexibility index (Phi) is 4.93. The third kappa shape index (κ3) is 3.54. The van der Waals surface area contributed by atoms with Crippen molar-refractivity contribution in [1.29, 1.82) is 0 Å². The molecule has 0 radical (unpaired) electrons. The first-order valence-corrected chi connectivity index (χ1v) is 11.0. The molecule has 2 aliphatic rings. The van der Waals surface area contributed by atoms with E-state index in [0.717, 1.165) is 40.9 Å². The molecule has 1 amide bonds. The van der Waals surface area contributed by atoms with Crippen LogP contribution in [0.1, 0.15) is 45.2 Å². The molecule has 170 valence electrons. The van der Waals surface area contributed by atoms with Gasteiger partial charge in [-0.15, -0.1) is 5.10 Å². The number of anilines is 1. The molecule has 0 spiro atoms. The average molecular weight is 446 g/mol. The molecule has 0 unspecified atom stereocenters. The number of nitrogens with one attached hydrogen (secondary N) is 2. The monoisotopic (exact) mass is 445 g/mol. The Labute approximate surface area is 191 Å². The predicted molar refractivity (Wildman–Crippen MR) is 125 cm³/mol. The Morgan fingerprint density at radius 2 is 2.12 bits per heavy atom. The van der Waals surface area contributed by atoms with Gasteiger partial charge in [-0.2, -0.15) is 4.98 Å². The first-order valence-electron chi connectivity index (χ1n) is 11.0. The second-order valence-corrected chi connectivity index (χ2v) is 8.99. The fourth-order valence-electron chi connectivity index (χ4n) is 4.40. The molecule has 1 atom stereocenters. The average Bonchev–Trinajstić information content (AvgIpc) is 3.30. The molecule has 5 rings (SSSR count). The molecule has 3 heterocycles. The Balaban J connectivity index is 1.51. The van der Waals surface area contributed by atoms with Crippen molar-refractivity contribution in [3.63, 3.8) is 0 Å². The minimum absolute atomic E-state index is 0.0366. The molecule has 0 fully saturated rings. The van der Waals surface area contributed by atoms with E-state index in [2.05, 4.69) is 20.7 Å². The first-order chi connectivity index (χ1) is 15.8. The van der Waals surface area contributed by atoms with Crippen LogP contribution >= 0.6 is 0 Å². The molecule has 3 aromatic rings. The van der Waals surface area contributed by atoms with E-state index in [4.69, 9.17) is 15.5 Å². The zero-order chi connectivity index (χ0) is 23.3. The van der Waals surface area contributed by atoms with Gasteiger partial charge in [-0.25, -0.2) is 4.52 Å². The van der Waals surface area contributed by atoms with E-state index in [0.29, 0.717) is 23.0 Å². The van der Waals surface area contributed by atoms with Crippen molar-refractivity contribution >= 4 is 17.5 Å². The second-order valence-electron chi connectivity index (χ2n) is 8.99. The van der Waals surface area contributed by atoms with Crippen LogP contribution in [0.3, 0.4) is 0 Å². The summed E-state index contributed by atoms with van der Waals surface area (Å²) in [7, 11) is 1.63. The number of carbonyl (C=O) groups excluding carboxylic acids is 1. The van der Waals surface area contributed by atoms with E-state index in [1.807, 2.05) is 45.0 Å². The molecule has 9 heteroatoms. The number of hydrogen-bond donors (Lipinski definition) is 3. The SMILES string of the molecule is COc1ccc([C@@H](C)N)cc1-c1nccn2nc(NC3=CC4=C(CC3)C(C)(C)C(=O)N4)nc12. The van der Waals surface area contributed by atoms with E-state index < -0.39 is 5.41 Å². The van der Waals surface area contributed by atoms with Crippen LogP contribution in [0.4, 0.5) is 5.95 Å². The number of fused-ring (bicyclic) bond motifs is 1. The van der Waals surface area contributed by atoms with Crippen LogP contribution in [-0.4, -0.2) is 32.6 Å². The summed E-state index contributed by atoms with van der Waals surface area (Å²) in [6.07, 6.45) is 7.01. The van der Waals surface area contributed by atoms with Gasteiger partial charge in [-0.05, 0) is 63.0 Å². The Hall–Kier alpha value is -3.72. The molecule has 0 saturated heterocycles. The zero-order valence-electron chi connectivity index (χ0n) is 19.1. The van der Waals surface area contributed by atoms with Gasteiger partial charge in [0.1, 0.15) is 11.4 Å². The number of hydrogen-bond acceptors (Lipinski definition) is 7. The third-order valence-electron chi connectivity index (χ3n) is 6.39. The van der Waals surface area contributed by atoms with E-state index in [1.54, 1.807) is 24.0 Å². The van der Waals surface area contributed by atoms with Gasteiger partial charge < -0.3 is 21.1 Å². The molecule has 0 bridgehead atoms. The molecule has 1 aliphatic carbocycles. The summed E-state index contributed by atoms with van der Waals surface area (Å²) >= 11 is 0. The minimum Gasteiger partial charge on any atom is -0.496 e. The third-order valence-corrected chi connectivity index (χ3v) is 6.39. The Morgan fingerprint density at radius 3 is 2.88 bits per heavy atom. The Bertz CT molecular complexity index is 1330. The molecule has 1 aliphatic heterocycles. The molecule has 0 saturated carbocycles. The van der Waals surface area contributed by atoms with Crippen LogP contribution in [0.15, 0.2) is 53.6 Å². The highest BCUT2D eigenvalue weighted by molar-refractivity contribution is 5.91. The molecule has 33 heavy (non-hydrogen) atoms. The van der Waals surface area contributed by atoms with Crippen molar-refractivity contribution in [2.75, 3.05) is 12.4 Å². The number of benzene rings is 1. The second kappa shape index (κ2) is 7.70. The summed E-state index contributed by atoms with van der Waals surface area (Å²) in [5.74, 6) is 1.19. The molecular weight excluding hydrogens is 418 g/mol. The van der Waals surface area contributed by atoms with Crippen molar-refractivity contribution in [3.05, 3.63) is 59.2 Å². The maximum atomic E-state index is 12.3. The van der Waals surface area contributed by atoms with Gasteiger partial charge in [0.25, 0.3) is 0 Å². The van der Waals surface area contributed by atoms with Gasteiger partial charge in [-0.1, -0.05) is 6.07 Å². The molecule has 9 nitrogen and oxygen atoms in total. The smallest absolute Gasteiger partial charge is 0.247 e. The number of nitrogens with two attached hydrogens (primary N) is 1. The first kappa shape index (κ1) is 21.1. The van der Waals surface area contributed by atoms with E-state index in [-0.39, 0.29) is 11.9 Å². The van der Waals surface area contributed by atoms with Crippen LogP contribution in [0, 0.1) is 5.41 Å². The topological polar surface area (TPSA) is 119 Å². The minimum atomic E-state index is -0.464. The molecular formula is C24H27N7O2. The molecule has 2 aromatic heterocycles. The van der Waals surface area contributed by atoms with Crippen molar-refractivity contribution in [2.24, 2.45) is 11.1 Å². The quantitative estimate of drug-likeness (QED) is 0.551. The van der Waals surface area contributed by atoms with Crippen molar-refractivity contribution in [3.8, 4) is 17.0 Å². The normalized spacial score (nSPS) is 18.1. The Morgan fingerprint density at radius 1 is 1.30 bits per heavy atom. The number of aromatic nitrogens is 4. The lowest BCUT2D eigenvalue weighted by Crippen LogP contribution is -2.28. The van der Waals surface area contributed by atoms with Gasteiger partial charge >= 0.3 is 0 Å². The number of ether oxygens (including phenoxy) is 1. The lowest BCUT2D eigenvalue weighted by Gasteiger charge is -2.22. The van der Waals surface area contributed by atoms with Crippen molar-refractivity contribution in [1.82, 2.24) is 24.9 Å². The van der Waals surface area contributed by atoms with E-state index >= 15 is 0 Å². The number of nitrogens with zero attached hydrogens (tertiary/aromatic N) is 4. The number of amides is 1. The molecule has 4 N–H and O–H groups in total. The van der Waals surface area contributed by atoms with Gasteiger partial charge in [-0.3, -0.25) is 9.78 Å². The van der Waals surface area contributed by atoms with Crippen molar-refractivity contribution in [2.45, 2.75) is 39.7 Å². The van der Waals surface area contributed by atoms with Crippen molar-refractivity contribution < 1.29 is 9.53 Å². The standard InChI is InChI=1S/C24H27N7O2/c1-13(25)14-5-8-19(33-4)16(11-14)20-21-29-23(30-31(21)10-9-26-20)27-15-6-7-17-18(12-15)28-22(32)24(17,2)3/h5,8-13H,6-7,25H2,1-4H3,(H,27,30)(H,28,32)/t13-/m1/s1. The number of methoxy groups -OCH3 is 1. The number of rotatable bonds is 5. The van der Waals surface area contributed by atoms with Crippen LogP contribution in [0.2, 0.25) is 0 Å². The lowest BCUT2D eigenvalue weighted by atomic mass is 9.81. The highest BCUT2D eigenvalue weighted by Crippen LogP contribution is 2.41. The zero-order valence-corrected chi connectivity index (χ0v) is 19.1. The maximum Gasteiger partial charge on any atom is 0.247 e. The van der Waals surface area contributed by atoms with E-state index in [9.17, 15) is 4.79 Å². The fourth-order valence-corrected chi connectivity index (χ4v) is 4.40. The maximum absolute atomic E-state index is 12.3. The van der Waals surface area contributed by atoms with Gasteiger partial charge in [0.05, 0.1) is 12.5 Å². The van der Waals surface area contributed by atoms with Gasteiger partial charge in [0.2, 0.25) is 11.9 Å². The largest absolute Gasteiger partial charge is 0.496 e. The van der Waals surface area contributed by atoms with Crippen LogP contribution in [0.5, 0.6) is 5.75 Å². The summed E-state index contributed by atoms with van der Waals surface area (Å²) in [6.45, 7) is 5.86. The van der Waals surface area contributed by atoms with Gasteiger partial charge in [0.15, 0.2) is 5.65 Å². The highest BCUT2D eigenvalue weighted by atomic mass is 16.5. The van der Waals surface area contributed by atoms with Gasteiger partial charge in [0, 0.05) is 35.4 Å². The number of carbonyl (C=O) groups is 1.